The highest BCUT2D eigenvalue weighted by Gasteiger charge is 2.21. The second-order valence-corrected chi connectivity index (χ2v) is 6.41. The summed E-state index contributed by atoms with van der Waals surface area (Å²) in [5.74, 6) is 0.00215. The number of amides is 1. The van der Waals surface area contributed by atoms with Crippen molar-refractivity contribution in [2.45, 2.75) is 20.8 Å². The minimum Gasteiger partial charge on any atom is -0.436 e. The maximum atomic E-state index is 13.2. The van der Waals surface area contributed by atoms with E-state index in [-0.39, 0.29) is 11.7 Å². The lowest BCUT2D eigenvalue weighted by Gasteiger charge is -2.17. The standard InChI is InChI=1S/C18H17FN2O2/c1-18(2,3)17(22)20-13-7-4-11(5-8-13)16-21-14-9-6-12(19)10-15(14)23-16/h4-10H,1-3H3,(H,20,22). The average Bonchev–Trinajstić information content (AvgIpc) is 2.90. The molecule has 0 fully saturated rings. The third-order valence-corrected chi connectivity index (χ3v) is 3.42. The quantitative estimate of drug-likeness (QED) is 0.751. The molecule has 3 rings (SSSR count). The molecular formula is C18H17FN2O2. The van der Waals surface area contributed by atoms with Crippen molar-refractivity contribution in [3.63, 3.8) is 0 Å². The van der Waals surface area contributed by atoms with Crippen LogP contribution in [-0.2, 0) is 4.79 Å². The van der Waals surface area contributed by atoms with Crippen LogP contribution in [0.5, 0.6) is 0 Å². The first-order chi connectivity index (χ1) is 10.8. The van der Waals surface area contributed by atoms with E-state index in [4.69, 9.17) is 4.42 Å². The fraction of sp³-hybridized carbons (Fsp3) is 0.222. The Labute approximate surface area is 133 Å². The number of oxazole rings is 1. The predicted octanol–water partition coefficient (Wildman–Crippen LogP) is 4.62. The van der Waals surface area contributed by atoms with Crippen LogP contribution in [0.3, 0.4) is 0 Å². The Hall–Kier alpha value is -2.69. The summed E-state index contributed by atoms with van der Waals surface area (Å²) in [7, 11) is 0. The van der Waals surface area contributed by atoms with Gasteiger partial charge >= 0.3 is 0 Å². The van der Waals surface area contributed by atoms with Gasteiger partial charge in [0.1, 0.15) is 11.3 Å². The molecule has 4 nitrogen and oxygen atoms in total. The summed E-state index contributed by atoms with van der Waals surface area (Å²) in [6, 6.07) is 11.4. The van der Waals surface area contributed by atoms with Gasteiger partial charge in [0.15, 0.2) is 5.58 Å². The van der Waals surface area contributed by atoms with Gasteiger partial charge in [-0.1, -0.05) is 20.8 Å². The van der Waals surface area contributed by atoms with Crippen LogP contribution in [0.1, 0.15) is 20.8 Å². The van der Waals surface area contributed by atoms with E-state index in [0.717, 1.165) is 5.56 Å². The van der Waals surface area contributed by atoms with Gasteiger partial charge in [-0.2, -0.15) is 0 Å². The topological polar surface area (TPSA) is 55.1 Å². The lowest BCUT2D eigenvalue weighted by atomic mass is 9.95. The zero-order valence-electron chi connectivity index (χ0n) is 13.2. The van der Waals surface area contributed by atoms with Crippen LogP contribution in [0.15, 0.2) is 46.9 Å². The first-order valence-corrected chi connectivity index (χ1v) is 7.31. The zero-order valence-corrected chi connectivity index (χ0v) is 13.2. The fourth-order valence-electron chi connectivity index (χ4n) is 2.04. The molecular weight excluding hydrogens is 295 g/mol. The number of hydrogen-bond donors (Lipinski definition) is 1. The molecule has 0 aliphatic carbocycles. The van der Waals surface area contributed by atoms with E-state index in [1.165, 1.54) is 12.1 Å². The van der Waals surface area contributed by atoms with Gasteiger partial charge in [-0.05, 0) is 36.4 Å². The van der Waals surface area contributed by atoms with Crippen molar-refractivity contribution >= 4 is 22.7 Å². The molecule has 1 aromatic heterocycles. The van der Waals surface area contributed by atoms with Crippen molar-refractivity contribution < 1.29 is 13.6 Å². The summed E-state index contributed by atoms with van der Waals surface area (Å²) in [6.07, 6.45) is 0. The number of nitrogens with one attached hydrogen (secondary N) is 1. The van der Waals surface area contributed by atoms with Gasteiger partial charge in [-0.25, -0.2) is 9.37 Å². The van der Waals surface area contributed by atoms with Crippen molar-refractivity contribution in [1.82, 2.24) is 4.98 Å². The number of aromatic nitrogens is 1. The smallest absolute Gasteiger partial charge is 0.229 e. The van der Waals surface area contributed by atoms with Crippen LogP contribution in [0.4, 0.5) is 10.1 Å². The lowest BCUT2D eigenvalue weighted by Crippen LogP contribution is -2.27. The van der Waals surface area contributed by atoms with Crippen molar-refractivity contribution in [2.75, 3.05) is 5.32 Å². The average molecular weight is 312 g/mol. The van der Waals surface area contributed by atoms with Gasteiger partial charge in [-0.15, -0.1) is 0 Å². The monoisotopic (exact) mass is 312 g/mol. The predicted molar refractivity (Wildman–Crippen MR) is 87.5 cm³/mol. The van der Waals surface area contributed by atoms with E-state index in [1.54, 1.807) is 30.3 Å². The fourth-order valence-corrected chi connectivity index (χ4v) is 2.04. The van der Waals surface area contributed by atoms with Crippen molar-refractivity contribution in [2.24, 2.45) is 5.41 Å². The molecule has 0 bridgehead atoms. The van der Waals surface area contributed by atoms with E-state index < -0.39 is 5.41 Å². The molecule has 118 valence electrons. The number of nitrogens with zero attached hydrogens (tertiary/aromatic N) is 1. The molecule has 0 aliphatic rings. The first-order valence-electron chi connectivity index (χ1n) is 7.31. The van der Waals surface area contributed by atoms with E-state index in [2.05, 4.69) is 10.3 Å². The van der Waals surface area contributed by atoms with Crippen molar-refractivity contribution in [1.29, 1.82) is 0 Å². The second kappa shape index (κ2) is 5.50. The molecule has 0 radical (unpaired) electrons. The van der Waals surface area contributed by atoms with Crippen LogP contribution in [0.2, 0.25) is 0 Å². The van der Waals surface area contributed by atoms with E-state index in [1.807, 2.05) is 20.8 Å². The van der Waals surface area contributed by atoms with Gasteiger partial charge in [0.25, 0.3) is 0 Å². The van der Waals surface area contributed by atoms with Gasteiger partial charge in [0.05, 0.1) is 0 Å². The molecule has 1 amide bonds. The number of fused-ring (bicyclic) bond motifs is 1. The van der Waals surface area contributed by atoms with E-state index >= 15 is 0 Å². The number of benzene rings is 2. The molecule has 2 aromatic carbocycles. The number of carbonyl (C=O) groups is 1. The second-order valence-electron chi connectivity index (χ2n) is 6.41. The van der Waals surface area contributed by atoms with Crippen LogP contribution in [-0.4, -0.2) is 10.9 Å². The highest BCUT2D eigenvalue weighted by molar-refractivity contribution is 5.94. The Morgan fingerprint density at radius 1 is 1.13 bits per heavy atom. The lowest BCUT2D eigenvalue weighted by molar-refractivity contribution is -0.123. The molecule has 23 heavy (non-hydrogen) atoms. The number of hydrogen-bond acceptors (Lipinski definition) is 3. The van der Waals surface area contributed by atoms with Gasteiger partial charge in [0, 0.05) is 22.7 Å². The van der Waals surface area contributed by atoms with Crippen LogP contribution in [0, 0.1) is 11.2 Å². The Balaban J connectivity index is 1.85. The zero-order chi connectivity index (χ0) is 16.6. The van der Waals surface area contributed by atoms with E-state index in [0.29, 0.717) is 22.7 Å². The van der Waals surface area contributed by atoms with Crippen LogP contribution < -0.4 is 5.32 Å². The van der Waals surface area contributed by atoms with Gasteiger partial charge in [0.2, 0.25) is 11.8 Å². The molecule has 0 unspecified atom stereocenters. The third kappa shape index (κ3) is 3.23. The summed E-state index contributed by atoms with van der Waals surface area (Å²) in [6.45, 7) is 5.57. The summed E-state index contributed by atoms with van der Waals surface area (Å²) in [4.78, 5) is 16.3. The summed E-state index contributed by atoms with van der Waals surface area (Å²) in [5, 5.41) is 2.86. The molecule has 0 atom stereocenters. The maximum absolute atomic E-state index is 13.2. The molecule has 0 saturated heterocycles. The maximum Gasteiger partial charge on any atom is 0.229 e. The minimum absolute atomic E-state index is 0.0532. The molecule has 3 aromatic rings. The number of anilines is 1. The normalized spacial score (nSPS) is 11.7. The Morgan fingerprint density at radius 2 is 1.83 bits per heavy atom. The SMILES string of the molecule is CC(C)(C)C(=O)Nc1ccc(-c2nc3ccc(F)cc3o2)cc1. The first kappa shape index (κ1) is 15.2. The van der Waals surface area contributed by atoms with Crippen LogP contribution in [0.25, 0.3) is 22.6 Å². The number of rotatable bonds is 2. The van der Waals surface area contributed by atoms with Gasteiger partial charge < -0.3 is 9.73 Å². The number of carbonyl (C=O) groups excluding carboxylic acids is 1. The summed E-state index contributed by atoms with van der Waals surface area (Å²) < 4.78 is 18.8. The molecule has 1 heterocycles. The molecule has 0 aliphatic heterocycles. The largest absolute Gasteiger partial charge is 0.436 e. The van der Waals surface area contributed by atoms with Crippen molar-refractivity contribution in [3.8, 4) is 11.5 Å². The van der Waals surface area contributed by atoms with Crippen LogP contribution >= 0.6 is 0 Å². The highest BCUT2D eigenvalue weighted by Crippen LogP contribution is 2.26. The molecule has 5 heteroatoms. The van der Waals surface area contributed by atoms with E-state index in [9.17, 15) is 9.18 Å². The molecule has 0 saturated carbocycles. The summed E-state index contributed by atoms with van der Waals surface area (Å²) >= 11 is 0. The Morgan fingerprint density at radius 3 is 2.48 bits per heavy atom. The highest BCUT2D eigenvalue weighted by atomic mass is 19.1. The number of halogens is 1. The summed E-state index contributed by atoms with van der Waals surface area (Å²) in [5.41, 5.74) is 2.02. The van der Waals surface area contributed by atoms with Crippen molar-refractivity contribution in [3.05, 3.63) is 48.3 Å². The Kier molecular flexibility index (Phi) is 3.64. The molecule has 0 spiro atoms. The molecule has 1 N–H and O–H groups in total. The van der Waals surface area contributed by atoms with Gasteiger partial charge in [-0.3, -0.25) is 4.79 Å². The Bertz CT molecular complexity index is 861. The minimum atomic E-state index is -0.455. The third-order valence-electron chi connectivity index (χ3n) is 3.42.